The molecule has 0 bridgehead atoms. The summed E-state index contributed by atoms with van der Waals surface area (Å²) in [5.74, 6) is -0.684. The number of nitrogens with one attached hydrogen (secondary N) is 1. The number of amides is 2. The average molecular weight is 342 g/mol. The van der Waals surface area contributed by atoms with Crippen LogP contribution in [0.1, 0.15) is 24.2 Å². The van der Waals surface area contributed by atoms with Gasteiger partial charge in [-0.15, -0.1) is 0 Å². The van der Waals surface area contributed by atoms with Crippen molar-refractivity contribution in [1.82, 2.24) is 0 Å². The minimum Gasteiger partial charge on any atom is -0.490 e. The molecule has 1 aliphatic heterocycles. The molecule has 0 unspecified atom stereocenters. The quantitative estimate of drug-likeness (QED) is 0.909. The maximum Gasteiger partial charge on any atom is 0.258 e. The summed E-state index contributed by atoms with van der Waals surface area (Å²) in [5, 5.41) is 2.65. The van der Waals surface area contributed by atoms with Gasteiger partial charge >= 0.3 is 0 Å². The normalized spacial score (nSPS) is 15.8. The van der Waals surface area contributed by atoms with E-state index in [0.717, 1.165) is 0 Å². The Labute approximate surface area is 145 Å². The van der Waals surface area contributed by atoms with E-state index in [4.69, 9.17) is 4.74 Å². The number of rotatable bonds is 2. The summed E-state index contributed by atoms with van der Waals surface area (Å²) in [6.45, 7) is 3.87. The second-order valence-corrected chi connectivity index (χ2v) is 6.65. The Bertz CT molecular complexity index is 848. The van der Waals surface area contributed by atoms with Crippen molar-refractivity contribution in [3.8, 4) is 5.75 Å². The number of nitrogens with zero attached hydrogens (tertiary/aromatic N) is 1. The van der Waals surface area contributed by atoms with Gasteiger partial charge in [0.05, 0.1) is 16.7 Å². The van der Waals surface area contributed by atoms with Crippen LogP contribution in [0.4, 0.5) is 15.8 Å². The number of carbonyl (C=O) groups is 2. The number of benzene rings is 2. The van der Waals surface area contributed by atoms with E-state index in [1.165, 1.54) is 18.2 Å². The van der Waals surface area contributed by atoms with E-state index in [1.54, 1.807) is 36.2 Å². The average Bonchev–Trinajstić information content (AvgIpc) is 2.66. The maximum absolute atomic E-state index is 13.7. The van der Waals surface area contributed by atoms with Gasteiger partial charge in [-0.1, -0.05) is 12.1 Å². The van der Waals surface area contributed by atoms with Crippen LogP contribution < -0.4 is 15.0 Å². The Balaban J connectivity index is 1.88. The lowest BCUT2D eigenvalue weighted by Gasteiger charge is -2.24. The van der Waals surface area contributed by atoms with Gasteiger partial charge < -0.3 is 15.0 Å². The van der Waals surface area contributed by atoms with Crippen molar-refractivity contribution in [1.29, 1.82) is 0 Å². The lowest BCUT2D eigenvalue weighted by Crippen LogP contribution is -2.39. The molecular formula is C19H19FN2O3. The molecule has 0 aromatic heterocycles. The van der Waals surface area contributed by atoms with E-state index in [0.29, 0.717) is 17.1 Å². The fourth-order valence-electron chi connectivity index (χ4n) is 2.71. The van der Waals surface area contributed by atoms with Gasteiger partial charge in [0.25, 0.3) is 5.91 Å². The molecule has 0 saturated heterocycles. The third-order valence-corrected chi connectivity index (χ3v) is 4.17. The van der Waals surface area contributed by atoms with Crippen LogP contribution in [0.3, 0.4) is 0 Å². The van der Waals surface area contributed by atoms with Gasteiger partial charge in [0, 0.05) is 18.8 Å². The third kappa shape index (κ3) is 3.20. The molecule has 2 amide bonds. The van der Waals surface area contributed by atoms with Gasteiger partial charge in [-0.05, 0) is 38.1 Å². The van der Waals surface area contributed by atoms with E-state index >= 15 is 0 Å². The molecule has 2 aromatic rings. The summed E-state index contributed by atoms with van der Waals surface area (Å²) in [7, 11) is 1.69. The predicted octanol–water partition coefficient (Wildman–Crippen LogP) is 3.46. The van der Waals surface area contributed by atoms with Gasteiger partial charge in [-0.3, -0.25) is 9.59 Å². The van der Waals surface area contributed by atoms with Crippen LogP contribution in [-0.2, 0) is 4.79 Å². The van der Waals surface area contributed by atoms with Crippen molar-refractivity contribution in [2.24, 2.45) is 5.41 Å². The topological polar surface area (TPSA) is 58.6 Å². The van der Waals surface area contributed by atoms with E-state index < -0.39 is 17.1 Å². The van der Waals surface area contributed by atoms with E-state index in [1.807, 2.05) is 13.8 Å². The fraction of sp³-hybridized carbons (Fsp3) is 0.263. The first-order chi connectivity index (χ1) is 11.8. The molecule has 2 aromatic carbocycles. The molecule has 0 spiro atoms. The highest BCUT2D eigenvalue weighted by Crippen LogP contribution is 2.37. The van der Waals surface area contributed by atoms with E-state index in [2.05, 4.69) is 5.32 Å². The molecule has 1 heterocycles. The number of hydrogen-bond acceptors (Lipinski definition) is 3. The molecule has 1 N–H and O–H groups in total. The van der Waals surface area contributed by atoms with Crippen LogP contribution in [-0.4, -0.2) is 25.5 Å². The van der Waals surface area contributed by atoms with Crippen LogP contribution in [0.15, 0.2) is 42.5 Å². The van der Waals surface area contributed by atoms with Crippen LogP contribution in [0.2, 0.25) is 0 Å². The minimum absolute atomic E-state index is 0.0354. The molecule has 25 heavy (non-hydrogen) atoms. The molecule has 0 aliphatic carbocycles. The van der Waals surface area contributed by atoms with E-state index in [9.17, 15) is 14.0 Å². The Morgan fingerprint density at radius 3 is 2.68 bits per heavy atom. The van der Waals surface area contributed by atoms with Gasteiger partial charge in [0.2, 0.25) is 5.91 Å². The smallest absolute Gasteiger partial charge is 0.258 e. The fourth-order valence-corrected chi connectivity index (χ4v) is 2.71. The van der Waals surface area contributed by atoms with Crippen LogP contribution in [0.5, 0.6) is 5.75 Å². The van der Waals surface area contributed by atoms with Crippen molar-refractivity contribution in [2.45, 2.75) is 13.8 Å². The largest absolute Gasteiger partial charge is 0.490 e. The summed E-state index contributed by atoms with van der Waals surface area (Å²) in [6, 6.07) is 10.8. The molecular weight excluding hydrogens is 323 g/mol. The summed E-state index contributed by atoms with van der Waals surface area (Å²) in [6.07, 6.45) is 0. The number of ether oxygens (including phenoxy) is 1. The van der Waals surface area contributed by atoms with Crippen molar-refractivity contribution in [2.75, 3.05) is 23.9 Å². The van der Waals surface area contributed by atoms with Gasteiger partial charge in [-0.25, -0.2) is 4.39 Å². The molecule has 0 saturated carbocycles. The van der Waals surface area contributed by atoms with Crippen LogP contribution in [0.25, 0.3) is 0 Å². The summed E-state index contributed by atoms with van der Waals surface area (Å²) >= 11 is 0. The zero-order valence-corrected chi connectivity index (χ0v) is 14.3. The molecule has 0 radical (unpaired) electrons. The second kappa shape index (κ2) is 6.20. The number of fused-ring (bicyclic) bond motifs is 1. The Hall–Kier alpha value is -2.89. The first-order valence-corrected chi connectivity index (χ1v) is 7.90. The molecule has 1 aliphatic rings. The highest BCUT2D eigenvalue weighted by molar-refractivity contribution is 6.05. The molecule has 3 rings (SSSR count). The lowest BCUT2D eigenvalue weighted by atomic mass is 9.93. The van der Waals surface area contributed by atoms with E-state index in [-0.39, 0.29) is 18.1 Å². The molecule has 130 valence electrons. The monoisotopic (exact) mass is 342 g/mol. The first kappa shape index (κ1) is 17.0. The molecule has 0 fully saturated rings. The highest BCUT2D eigenvalue weighted by Gasteiger charge is 2.36. The Morgan fingerprint density at radius 2 is 1.96 bits per heavy atom. The number of hydrogen-bond donors (Lipinski definition) is 1. The number of carbonyl (C=O) groups excluding carboxylic acids is 2. The first-order valence-electron chi connectivity index (χ1n) is 7.90. The zero-order chi connectivity index (χ0) is 18.2. The summed E-state index contributed by atoms with van der Waals surface area (Å²) in [4.78, 5) is 26.2. The molecule has 5 nitrogen and oxygen atoms in total. The van der Waals surface area contributed by atoms with Crippen LogP contribution in [0, 0.1) is 11.2 Å². The Morgan fingerprint density at radius 1 is 1.24 bits per heavy atom. The second-order valence-electron chi connectivity index (χ2n) is 6.65. The number of anilines is 2. The molecule has 0 atom stereocenters. The summed E-state index contributed by atoms with van der Waals surface area (Å²) in [5.41, 5.74) is 0.406. The lowest BCUT2D eigenvalue weighted by molar-refractivity contribution is -0.127. The van der Waals surface area contributed by atoms with Crippen molar-refractivity contribution in [3.63, 3.8) is 0 Å². The summed E-state index contributed by atoms with van der Waals surface area (Å²) < 4.78 is 19.5. The minimum atomic E-state index is -0.648. The number of halogens is 1. The molecule has 6 heteroatoms. The van der Waals surface area contributed by atoms with Crippen LogP contribution >= 0.6 is 0 Å². The van der Waals surface area contributed by atoms with Crippen molar-refractivity contribution in [3.05, 3.63) is 53.8 Å². The zero-order valence-electron chi connectivity index (χ0n) is 14.3. The standard InChI is InChI=1S/C19H19FN2O3/c1-19(2)11-25-16-10-12(8-9-15(16)22(3)18(19)24)21-17(23)13-6-4-5-7-14(13)20/h4-10H,11H2,1-3H3,(H,21,23). The Kier molecular flexibility index (Phi) is 4.20. The predicted molar refractivity (Wildman–Crippen MR) is 93.5 cm³/mol. The van der Waals surface area contributed by atoms with Crippen molar-refractivity contribution >= 4 is 23.2 Å². The van der Waals surface area contributed by atoms with Gasteiger partial charge in [-0.2, -0.15) is 0 Å². The van der Waals surface area contributed by atoms with Gasteiger partial charge in [0.15, 0.2) is 0 Å². The maximum atomic E-state index is 13.7. The highest BCUT2D eigenvalue weighted by atomic mass is 19.1. The third-order valence-electron chi connectivity index (χ3n) is 4.17. The SMILES string of the molecule is CN1C(=O)C(C)(C)COc2cc(NC(=O)c3ccccc3F)ccc21. The van der Waals surface area contributed by atoms with Gasteiger partial charge in [0.1, 0.15) is 18.2 Å². The van der Waals surface area contributed by atoms with Crippen molar-refractivity contribution < 1.29 is 18.7 Å².